The number of nitrogens with zero attached hydrogens (tertiary/aromatic N) is 4. The first-order valence-electron chi connectivity index (χ1n) is 19.2. The van der Waals surface area contributed by atoms with Crippen molar-refractivity contribution in [1.82, 2.24) is 41.3 Å². The molecule has 8 amide bonds. The number of Topliss-reactive ketones (excluding diaryl/α,β-unsaturated/α-hetero) is 2. The molecule has 0 aromatic rings. The van der Waals surface area contributed by atoms with Crippen LogP contribution < -0.4 is 33.0 Å². The maximum atomic E-state index is 13.1. The van der Waals surface area contributed by atoms with Crippen molar-refractivity contribution in [3.05, 3.63) is 0 Å². The molecule has 2 rings (SSSR count). The second kappa shape index (κ2) is 21.0. The van der Waals surface area contributed by atoms with E-state index in [2.05, 4.69) is 26.2 Å². The second-order valence-electron chi connectivity index (χ2n) is 15.1. The summed E-state index contributed by atoms with van der Waals surface area (Å²) in [4.78, 5) is 156. The van der Waals surface area contributed by atoms with E-state index >= 15 is 0 Å². The zero-order chi connectivity index (χ0) is 46.9. The van der Waals surface area contributed by atoms with Crippen molar-refractivity contribution in [2.24, 2.45) is 11.5 Å². The largest absolute Gasteiger partial charge is 0.388 e. The molecule has 25 nitrogen and oxygen atoms in total. The number of aliphatic hydroxyl groups is 2. The number of hydrazine groups is 2. The van der Waals surface area contributed by atoms with E-state index in [1.807, 2.05) is 0 Å². The maximum absolute atomic E-state index is 13.1. The van der Waals surface area contributed by atoms with Gasteiger partial charge in [-0.3, -0.25) is 68.8 Å². The van der Waals surface area contributed by atoms with E-state index in [-0.39, 0.29) is 25.9 Å². The van der Waals surface area contributed by atoms with Gasteiger partial charge in [0.05, 0.1) is 24.9 Å². The Bertz CT molecular complexity index is 1680. The number of hydrogen-bond acceptors (Lipinski definition) is 17. The fourth-order valence-electron chi connectivity index (χ4n) is 6.13. The summed E-state index contributed by atoms with van der Waals surface area (Å²) in [6, 6.07) is -6.19. The molecule has 2 unspecified atom stereocenters. The molecule has 2 fully saturated rings. The van der Waals surface area contributed by atoms with Crippen LogP contribution >= 0.6 is 0 Å². The molecule has 25 heteroatoms. The minimum atomic E-state index is -3.45. The van der Waals surface area contributed by atoms with Crippen LogP contribution in [-0.4, -0.2) is 175 Å². The Morgan fingerprint density at radius 2 is 0.951 bits per heavy atom. The summed E-state index contributed by atoms with van der Waals surface area (Å²) in [5, 5.41) is 27.9. The SMILES string of the molecule is CC(=O)C(O)(CC(=O)N(C)NC(=O)[C@@H]1CCCN1C(=O)[C@H](C)NC(=O)[C@H](C)N)C(=O)OC(=O)C(O)(CC(=O)N(C)NC(=O)[C@@H]1CCCN1C(=O)[C@H](C)NC(=O)[C@H](C)N)C(C)=O. The van der Waals surface area contributed by atoms with Crippen LogP contribution in [0.4, 0.5) is 0 Å². The van der Waals surface area contributed by atoms with Crippen LogP contribution in [0.25, 0.3) is 0 Å². The van der Waals surface area contributed by atoms with Gasteiger partial charge in [0, 0.05) is 27.2 Å². The molecular formula is C36H56N10O15. The zero-order valence-electron chi connectivity index (χ0n) is 35.3. The van der Waals surface area contributed by atoms with Gasteiger partial charge in [-0.1, -0.05) is 0 Å². The van der Waals surface area contributed by atoms with Gasteiger partial charge in [-0.15, -0.1) is 0 Å². The normalized spacial score (nSPS) is 19.9. The van der Waals surface area contributed by atoms with Crippen molar-refractivity contribution in [1.29, 1.82) is 0 Å². The van der Waals surface area contributed by atoms with Gasteiger partial charge in [-0.05, 0) is 67.2 Å². The molecule has 61 heavy (non-hydrogen) atoms. The fraction of sp³-hybridized carbons (Fsp3) is 0.667. The predicted octanol–water partition coefficient (Wildman–Crippen LogP) is -5.86. The first-order chi connectivity index (χ1) is 28.1. The average molecular weight is 869 g/mol. The Hall–Kier alpha value is -5.92. The molecule has 2 heterocycles. The molecule has 0 bridgehead atoms. The number of amides is 8. The van der Waals surface area contributed by atoms with Gasteiger partial charge < -0.3 is 46.9 Å². The molecule has 2 aliphatic heterocycles. The van der Waals surface area contributed by atoms with Crippen LogP contribution in [0.3, 0.4) is 0 Å². The van der Waals surface area contributed by atoms with Gasteiger partial charge in [-0.2, -0.15) is 0 Å². The van der Waals surface area contributed by atoms with E-state index in [1.54, 1.807) is 0 Å². The third-order valence-electron chi connectivity index (χ3n) is 10.1. The van der Waals surface area contributed by atoms with E-state index in [1.165, 1.54) is 37.5 Å². The van der Waals surface area contributed by atoms with Gasteiger partial charge in [0.2, 0.25) is 46.6 Å². The number of nitrogens with two attached hydrogens (primary N) is 2. The highest BCUT2D eigenvalue weighted by atomic mass is 16.6. The van der Waals surface area contributed by atoms with E-state index in [9.17, 15) is 67.7 Å². The Morgan fingerprint density at radius 1 is 0.639 bits per heavy atom. The molecule has 0 aromatic carbocycles. The summed E-state index contributed by atoms with van der Waals surface area (Å²) in [5.41, 5.74) is 8.51. The van der Waals surface area contributed by atoms with Crippen LogP contribution in [0, 0.1) is 0 Å². The van der Waals surface area contributed by atoms with Crippen molar-refractivity contribution < 1.29 is 72.5 Å². The molecule has 0 radical (unpaired) electrons. The summed E-state index contributed by atoms with van der Waals surface area (Å²) in [5.74, 6) is -14.0. The fourth-order valence-corrected chi connectivity index (χ4v) is 6.13. The number of esters is 2. The summed E-state index contributed by atoms with van der Waals surface area (Å²) < 4.78 is 4.50. The number of ether oxygens (including phenoxy) is 1. The number of carbonyl (C=O) groups is 12. The topological polar surface area (TPSA) is 368 Å². The molecule has 10 N–H and O–H groups in total. The Labute approximate surface area is 350 Å². The van der Waals surface area contributed by atoms with Crippen molar-refractivity contribution in [3.63, 3.8) is 0 Å². The van der Waals surface area contributed by atoms with Crippen LogP contribution in [-0.2, 0) is 62.3 Å². The summed E-state index contributed by atoms with van der Waals surface area (Å²) in [7, 11) is 1.95. The minimum Gasteiger partial charge on any atom is -0.388 e. The van der Waals surface area contributed by atoms with Crippen molar-refractivity contribution in [2.45, 2.75) is 128 Å². The lowest BCUT2D eigenvalue weighted by atomic mass is 9.93. The van der Waals surface area contributed by atoms with Crippen LogP contribution in [0.2, 0.25) is 0 Å². The Balaban J connectivity index is 2.11. The number of carbonyl (C=O) groups excluding carboxylic acids is 12. The van der Waals surface area contributed by atoms with Gasteiger partial charge in [-0.25, -0.2) is 9.59 Å². The zero-order valence-corrected chi connectivity index (χ0v) is 35.3. The first kappa shape index (κ1) is 51.2. The van der Waals surface area contributed by atoms with E-state index in [0.717, 1.165) is 14.1 Å². The summed E-state index contributed by atoms with van der Waals surface area (Å²) in [6.07, 6.45) is -1.85. The van der Waals surface area contributed by atoms with Crippen LogP contribution in [0.5, 0.6) is 0 Å². The highest BCUT2D eigenvalue weighted by molar-refractivity contribution is 6.16. The molecule has 2 saturated heterocycles. The lowest BCUT2D eigenvalue weighted by Crippen LogP contribution is -2.58. The van der Waals surface area contributed by atoms with Gasteiger partial charge in [0.1, 0.15) is 24.2 Å². The number of likely N-dealkylation sites (tertiary alicyclic amines) is 2. The Morgan fingerprint density at radius 3 is 1.23 bits per heavy atom. The molecule has 0 aliphatic carbocycles. The molecule has 0 aromatic heterocycles. The smallest absolute Gasteiger partial charge is 0.354 e. The lowest BCUT2D eigenvalue weighted by molar-refractivity contribution is -0.189. The van der Waals surface area contributed by atoms with E-state index in [4.69, 9.17) is 11.5 Å². The molecule has 8 atom stereocenters. The number of ketones is 2. The van der Waals surface area contributed by atoms with Crippen molar-refractivity contribution in [2.75, 3.05) is 27.2 Å². The van der Waals surface area contributed by atoms with Crippen LogP contribution in [0.1, 0.15) is 80.1 Å². The second-order valence-corrected chi connectivity index (χ2v) is 15.1. The minimum absolute atomic E-state index is 0.125. The standard InChI is InChI=1S/C36H56N10O15/c1-17(37)27(51)39-19(3)31(55)45-13-9-11-23(45)29(53)41-43(7)25(49)15-35(59,21(5)47)33(57)61-34(58)36(60,22(6)48)16-26(50)44(8)42-30(54)24-12-10-14-46(24)32(56)20(4)40-28(52)18(2)38/h17-20,23-24,59-60H,9-16,37-38H2,1-8H3,(H,39,51)(H,40,52)(H,41,53)(H,42,54)/t17-,18-,19-,20-,23-,24-,35?,36?/m0/s1. The van der Waals surface area contributed by atoms with Crippen molar-refractivity contribution >= 4 is 70.8 Å². The molecule has 2 aliphatic rings. The third-order valence-corrected chi connectivity index (χ3v) is 10.1. The number of hydrogen-bond donors (Lipinski definition) is 8. The first-order valence-corrected chi connectivity index (χ1v) is 19.2. The van der Waals surface area contributed by atoms with Gasteiger partial charge in [0.25, 0.3) is 11.8 Å². The van der Waals surface area contributed by atoms with Gasteiger partial charge in [0.15, 0.2) is 11.6 Å². The number of nitrogens with one attached hydrogen (secondary N) is 4. The Kier molecular flexibility index (Phi) is 17.7. The molecular weight excluding hydrogens is 812 g/mol. The highest BCUT2D eigenvalue weighted by Crippen LogP contribution is 2.23. The van der Waals surface area contributed by atoms with Crippen molar-refractivity contribution in [3.8, 4) is 0 Å². The maximum Gasteiger partial charge on any atom is 0.354 e. The third kappa shape index (κ3) is 12.6. The molecule has 0 spiro atoms. The molecule has 340 valence electrons. The predicted molar refractivity (Wildman–Crippen MR) is 205 cm³/mol. The summed E-state index contributed by atoms with van der Waals surface area (Å²) >= 11 is 0. The molecule has 0 saturated carbocycles. The van der Waals surface area contributed by atoms with Gasteiger partial charge >= 0.3 is 11.9 Å². The van der Waals surface area contributed by atoms with E-state index < -0.39 is 131 Å². The van der Waals surface area contributed by atoms with E-state index in [0.29, 0.717) is 36.7 Å². The highest BCUT2D eigenvalue weighted by Gasteiger charge is 2.52. The average Bonchev–Trinajstić information content (AvgIpc) is 3.87. The quantitative estimate of drug-likeness (QED) is 0.0407. The van der Waals surface area contributed by atoms with Crippen LogP contribution in [0.15, 0.2) is 0 Å². The number of rotatable bonds is 16. The monoisotopic (exact) mass is 868 g/mol. The summed E-state index contributed by atoms with van der Waals surface area (Å²) in [6.45, 7) is 7.12. The lowest BCUT2D eigenvalue weighted by Gasteiger charge is -2.30.